The number of urea groups is 1. The third-order valence-electron chi connectivity index (χ3n) is 2.09. The molecule has 0 aliphatic carbocycles. The maximum atomic E-state index is 12.3. The van der Waals surface area contributed by atoms with E-state index >= 15 is 0 Å². The molecular formula is C11H17F2N5O2S. The fourth-order valence-electron chi connectivity index (χ4n) is 1.25. The van der Waals surface area contributed by atoms with E-state index in [4.69, 9.17) is 0 Å². The quantitative estimate of drug-likeness (QED) is 0.789. The largest absolute Gasteiger partial charge is 0.350 e. The number of nitrogens with zero attached hydrogens (tertiary/aromatic N) is 2. The topological polar surface area (TPSA) is 96.0 Å². The Balaban J connectivity index is 2.51. The molecule has 3 N–H and O–H groups in total. The molecule has 0 spiro atoms. The van der Waals surface area contributed by atoms with Gasteiger partial charge in [0.15, 0.2) is 5.01 Å². The van der Waals surface area contributed by atoms with Gasteiger partial charge in [0.2, 0.25) is 11.0 Å². The van der Waals surface area contributed by atoms with Gasteiger partial charge in [-0.3, -0.25) is 10.1 Å². The molecule has 10 heteroatoms. The van der Waals surface area contributed by atoms with Crippen molar-refractivity contribution in [2.75, 3.05) is 5.32 Å². The van der Waals surface area contributed by atoms with Crippen LogP contribution in [-0.4, -0.2) is 33.7 Å². The summed E-state index contributed by atoms with van der Waals surface area (Å²) in [5.41, 5.74) is -0.422. The van der Waals surface area contributed by atoms with E-state index in [0.717, 1.165) is 0 Å². The lowest BCUT2D eigenvalue weighted by Gasteiger charge is -2.23. The van der Waals surface area contributed by atoms with Gasteiger partial charge in [-0.15, -0.1) is 10.2 Å². The molecule has 0 saturated heterocycles. The molecular weight excluding hydrogens is 304 g/mol. The molecule has 0 aliphatic rings. The predicted octanol–water partition coefficient (Wildman–Crippen LogP) is 1.90. The molecule has 1 aromatic heterocycles. The summed E-state index contributed by atoms with van der Waals surface area (Å²) in [4.78, 5) is 23.4. The van der Waals surface area contributed by atoms with Gasteiger partial charge < -0.3 is 10.6 Å². The summed E-state index contributed by atoms with van der Waals surface area (Å²) in [5, 5.41) is 13.4. The van der Waals surface area contributed by atoms with Crippen LogP contribution in [-0.2, 0) is 4.79 Å². The minimum Gasteiger partial charge on any atom is -0.350 e. The van der Waals surface area contributed by atoms with E-state index in [1.807, 2.05) is 20.8 Å². The van der Waals surface area contributed by atoms with Gasteiger partial charge in [0.1, 0.15) is 6.04 Å². The molecule has 1 rings (SSSR count). The Morgan fingerprint density at radius 2 is 1.86 bits per heavy atom. The van der Waals surface area contributed by atoms with Crippen molar-refractivity contribution >= 4 is 28.4 Å². The summed E-state index contributed by atoms with van der Waals surface area (Å²) < 4.78 is 24.6. The average Bonchev–Trinajstić information content (AvgIpc) is 2.74. The summed E-state index contributed by atoms with van der Waals surface area (Å²) in [6.07, 6.45) is -2.74. The maximum Gasteiger partial charge on any atom is 0.321 e. The number of carbonyl (C=O) groups is 2. The number of hydrogen-bond acceptors (Lipinski definition) is 5. The zero-order valence-corrected chi connectivity index (χ0v) is 12.8. The summed E-state index contributed by atoms with van der Waals surface area (Å²) >= 11 is 0.570. The summed E-state index contributed by atoms with van der Waals surface area (Å²) in [5.74, 6) is -0.358. The molecule has 0 radical (unpaired) electrons. The molecule has 0 aliphatic heterocycles. The van der Waals surface area contributed by atoms with Crippen LogP contribution in [0, 0.1) is 0 Å². The molecule has 0 bridgehead atoms. The Bertz CT molecular complexity index is 515. The number of nitrogens with one attached hydrogen (secondary N) is 3. The van der Waals surface area contributed by atoms with Crippen LogP contribution in [0.1, 0.15) is 39.1 Å². The van der Waals surface area contributed by atoms with E-state index in [0.29, 0.717) is 11.3 Å². The van der Waals surface area contributed by atoms with Crippen molar-refractivity contribution in [2.24, 2.45) is 0 Å². The highest BCUT2D eigenvalue weighted by atomic mass is 32.1. The Kier molecular flexibility index (Phi) is 5.53. The molecule has 118 valence electrons. The lowest BCUT2D eigenvalue weighted by atomic mass is 10.1. The minimum absolute atomic E-state index is 0.0637. The first-order valence-corrected chi connectivity index (χ1v) is 6.91. The molecule has 0 fully saturated rings. The predicted molar refractivity (Wildman–Crippen MR) is 74.4 cm³/mol. The highest BCUT2D eigenvalue weighted by Gasteiger charge is 2.21. The van der Waals surface area contributed by atoms with Crippen LogP contribution in [0.4, 0.5) is 18.7 Å². The number of aromatic nitrogens is 2. The second-order valence-electron chi connectivity index (χ2n) is 5.31. The van der Waals surface area contributed by atoms with E-state index in [9.17, 15) is 18.4 Å². The van der Waals surface area contributed by atoms with Crippen molar-refractivity contribution in [3.8, 4) is 0 Å². The summed E-state index contributed by atoms with van der Waals surface area (Å²) in [6.45, 7) is 6.94. The first-order chi connectivity index (χ1) is 9.58. The number of amides is 3. The lowest BCUT2D eigenvalue weighted by Crippen LogP contribution is -2.51. The molecule has 0 aromatic carbocycles. The monoisotopic (exact) mass is 321 g/mol. The van der Waals surface area contributed by atoms with Crippen LogP contribution < -0.4 is 16.0 Å². The van der Waals surface area contributed by atoms with E-state index in [2.05, 4.69) is 26.1 Å². The van der Waals surface area contributed by atoms with Crippen LogP contribution in [0.3, 0.4) is 0 Å². The van der Waals surface area contributed by atoms with Crippen molar-refractivity contribution in [1.82, 2.24) is 20.8 Å². The third kappa shape index (κ3) is 5.98. The first-order valence-electron chi connectivity index (χ1n) is 6.09. The van der Waals surface area contributed by atoms with Gasteiger partial charge in [0.25, 0.3) is 6.43 Å². The van der Waals surface area contributed by atoms with Crippen LogP contribution in [0.2, 0.25) is 0 Å². The SMILES string of the molecule is C[C@H](NC(=O)Nc1nnc(C(F)F)s1)C(=O)NC(C)(C)C. The number of rotatable bonds is 4. The van der Waals surface area contributed by atoms with Crippen molar-refractivity contribution < 1.29 is 18.4 Å². The Labute approximate surface area is 124 Å². The number of halogens is 2. The molecule has 3 amide bonds. The standard InChI is InChI=1S/C11H17F2N5O2S/c1-5(7(19)16-11(2,3)4)14-9(20)15-10-18-17-8(21-10)6(12)13/h5-6H,1-4H3,(H,16,19)(H2,14,15,18,20)/t5-/m0/s1. The van der Waals surface area contributed by atoms with Crippen molar-refractivity contribution in [2.45, 2.75) is 45.7 Å². The molecule has 1 aromatic rings. The first kappa shape index (κ1) is 17.2. The van der Waals surface area contributed by atoms with E-state index in [1.165, 1.54) is 6.92 Å². The van der Waals surface area contributed by atoms with Gasteiger partial charge in [-0.05, 0) is 27.7 Å². The number of hydrogen-bond donors (Lipinski definition) is 3. The van der Waals surface area contributed by atoms with E-state index < -0.39 is 29.0 Å². The zero-order chi connectivity index (χ0) is 16.2. The van der Waals surface area contributed by atoms with E-state index in [-0.39, 0.29) is 11.0 Å². The number of anilines is 1. The van der Waals surface area contributed by atoms with Gasteiger partial charge in [-0.1, -0.05) is 11.3 Å². The Morgan fingerprint density at radius 1 is 1.24 bits per heavy atom. The van der Waals surface area contributed by atoms with Gasteiger partial charge in [-0.25, -0.2) is 13.6 Å². The Hall–Kier alpha value is -1.84. The maximum absolute atomic E-state index is 12.3. The van der Waals surface area contributed by atoms with Crippen LogP contribution in [0.15, 0.2) is 0 Å². The molecule has 1 heterocycles. The summed E-state index contributed by atoms with van der Waals surface area (Å²) in [6, 6.07) is -1.50. The van der Waals surface area contributed by atoms with Gasteiger partial charge in [0.05, 0.1) is 0 Å². The fraction of sp³-hybridized carbons (Fsp3) is 0.636. The second kappa shape index (κ2) is 6.74. The smallest absolute Gasteiger partial charge is 0.321 e. The van der Waals surface area contributed by atoms with Crippen LogP contribution >= 0.6 is 11.3 Å². The molecule has 0 unspecified atom stereocenters. The Morgan fingerprint density at radius 3 is 2.33 bits per heavy atom. The third-order valence-corrected chi connectivity index (χ3v) is 2.93. The molecule has 1 atom stereocenters. The highest BCUT2D eigenvalue weighted by Crippen LogP contribution is 2.24. The van der Waals surface area contributed by atoms with Crippen molar-refractivity contribution in [1.29, 1.82) is 0 Å². The van der Waals surface area contributed by atoms with Gasteiger partial charge in [-0.2, -0.15) is 0 Å². The van der Waals surface area contributed by atoms with Crippen molar-refractivity contribution in [3.05, 3.63) is 5.01 Å². The van der Waals surface area contributed by atoms with Crippen molar-refractivity contribution in [3.63, 3.8) is 0 Å². The highest BCUT2D eigenvalue weighted by molar-refractivity contribution is 7.15. The normalized spacial score (nSPS) is 12.9. The molecule has 7 nitrogen and oxygen atoms in total. The zero-order valence-electron chi connectivity index (χ0n) is 12.0. The average molecular weight is 321 g/mol. The fourth-order valence-corrected chi connectivity index (χ4v) is 1.84. The second-order valence-corrected chi connectivity index (χ2v) is 6.31. The lowest BCUT2D eigenvalue weighted by molar-refractivity contribution is -0.123. The van der Waals surface area contributed by atoms with Gasteiger partial charge >= 0.3 is 6.03 Å². The number of alkyl halides is 2. The van der Waals surface area contributed by atoms with Crippen LogP contribution in [0.25, 0.3) is 0 Å². The summed E-state index contributed by atoms with van der Waals surface area (Å²) in [7, 11) is 0. The van der Waals surface area contributed by atoms with E-state index in [1.54, 1.807) is 0 Å². The number of carbonyl (C=O) groups excluding carboxylic acids is 2. The van der Waals surface area contributed by atoms with Crippen LogP contribution in [0.5, 0.6) is 0 Å². The molecule has 21 heavy (non-hydrogen) atoms. The minimum atomic E-state index is -2.74. The molecule has 0 saturated carbocycles. The van der Waals surface area contributed by atoms with Gasteiger partial charge in [0, 0.05) is 5.54 Å².